The lowest BCUT2D eigenvalue weighted by Gasteiger charge is -2.24. The highest BCUT2D eigenvalue weighted by atomic mass is 32.1. The third-order valence-corrected chi connectivity index (χ3v) is 6.63. The summed E-state index contributed by atoms with van der Waals surface area (Å²) >= 11 is 5.52. The molecule has 14 heteroatoms. The third-order valence-electron chi connectivity index (χ3n) is 6.31. The molecular formula is C29H27F5N6O2S. The van der Waals surface area contributed by atoms with Gasteiger partial charge in [-0.1, -0.05) is 50.2 Å². The Balaban J connectivity index is 1.44. The number of halogens is 5. The van der Waals surface area contributed by atoms with Gasteiger partial charge in [0.05, 0.1) is 12.2 Å². The average molecular weight is 619 g/mol. The van der Waals surface area contributed by atoms with Gasteiger partial charge in [0.2, 0.25) is 0 Å². The Bertz CT molecular complexity index is 1610. The van der Waals surface area contributed by atoms with Crippen molar-refractivity contribution < 1.29 is 31.5 Å². The van der Waals surface area contributed by atoms with Crippen LogP contribution in [0.4, 0.5) is 32.4 Å². The number of benzene rings is 3. The molecule has 3 aromatic carbocycles. The van der Waals surface area contributed by atoms with Crippen molar-refractivity contribution in [1.82, 2.24) is 19.7 Å². The number of amides is 2. The SMILES string of the molecule is Cc1ccc(C(C)C)c(NC(=S)N(Cc2ccc(-c3ncn(-c4ccc(OC(F)(F)C(F)(F)F)cc4)n3)cc2)C(N)=O)c1. The largest absolute Gasteiger partial charge is 0.499 e. The summed E-state index contributed by atoms with van der Waals surface area (Å²) < 4.78 is 68.6. The summed E-state index contributed by atoms with van der Waals surface area (Å²) in [4.78, 5) is 17.8. The van der Waals surface area contributed by atoms with E-state index in [2.05, 4.69) is 34.0 Å². The minimum atomic E-state index is -5.85. The number of ether oxygens (including phenoxy) is 1. The Morgan fingerprint density at radius 2 is 1.70 bits per heavy atom. The highest BCUT2D eigenvalue weighted by molar-refractivity contribution is 7.80. The highest BCUT2D eigenvalue weighted by Crippen LogP contribution is 2.37. The van der Waals surface area contributed by atoms with Crippen LogP contribution in [0.5, 0.6) is 5.75 Å². The standard InChI is InChI=1S/C29H27F5N6O2S/c1-17(2)23-13-4-18(3)14-24(23)37-27(43)39(26(35)41)15-19-5-7-20(8-6-19)25-36-16-40(38-25)21-9-11-22(12-10-21)42-29(33,34)28(30,31)32/h4-14,16-17H,15H2,1-3H3,(H2,35,41)(H,37,43). The maximum absolute atomic E-state index is 13.1. The Morgan fingerprint density at radius 3 is 2.28 bits per heavy atom. The molecule has 4 rings (SSSR count). The summed E-state index contributed by atoms with van der Waals surface area (Å²) in [7, 11) is 0. The number of primary amides is 1. The quantitative estimate of drug-likeness (QED) is 0.160. The lowest BCUT2D eigenvalue weighted by Crippen LogP contribution is -2.42. The Morgan fingerprint density at radius 1 is 1.05 bits per heavy atom. The lowest BCUT2D eigenvalue weighted by molar-refractivity contribution is -0.360. The van der Waals surface area contributed by atoms with Gasteiger partial charge in [-0.05, 0) is 72.1 Å². The van der Waals surface area contributed by atoms with Gasteiger partial charge in [-0.15, -0.1) is 5.10 Å². The molecule has 0 radical (unpaired) electrons. The molecule has 0 aliphatic heterocycles. The van der Waals surface area contributed by atoms with Gasteiger partial charge >= 0.3 is 18.3 Å². The van der Waals surface area contributed by atoms with Crippen molar-refractivity contribution in [2.75, 3.05) is 5.32 Å². The van der Waals surface area contributed by atoms with E-state index in [0.29, 0.717) is 17.1 Å². The summed E-state index contributed by atoms with van der Waals surface area (Å²) in [5.41, 5.74) is 10.2. The van der Waals surface area contributed by atoms with E-state index in [1.165, 1.54) is 28.0 Å². The molecule has 0 spiro atoms. The number of nitrogens with zero attached hydrogens (tertiary/aromatic N) is 4. The van der Waals surface area contributed by atoms with Crippen LogP contribution in [0.2, 0.25) is 0 Å². The maximum Gasteiger partial charge on any atom is 0.499 e. The second kappa shape index (κ2) is 12.3. The average Bonchev–Trinajstić information content (AvgIpc) is 3.41. The van der Waals surface area contributed by atoms with Gasteiger partial charge in [-0.3, -0.25) is 4.90 Å². The molecule has 1 aromatic heterocycles. The van der Waals surface area contributed by atoms with E-state index >= 15 is 0 Å². The van der Waals surface area contributed by atoms with E-state index in [-0.39, 0.29) is 17.6 Å². The molecule has 226 valence electrons. The number of nitrogens with one attached hydrogen (secondary N) is 1. The van der Waals surface area contributed by atoms with E-state index in [0.717, 1.165) is 34.5 Å². The summed E-state index contributed by atoms with van der Waals surface area (Å²) in [6, 6.07) is 16.7. The number of thiocarbonyl (C=S) groups is 1. The summed E-state index contributed by atoms with van der Waals surface area (Å²) in [6.07, 6.45) is -9.81. The number of rotatable bonds is 8. The molecule has 0 atom stereocenters. The minimum Gasteiger partial charge on any atom is -0.426 e. The van der Waals surface area contributed by atoms with Crippen molar-refractivity contribution in [3.8, 4) is 22.8 Å². The molecule has 3 N–H and O–H groups in total. The van der Waals surface area contributed by atoms with Crippen molar-refractivity contribution in [3.63, 3.8) is 0 Å². The van der Waals surface area contributed by atoms with Gasteiger partial charge in [0, 0.05) is 11.3 Å². The number of hydrogen-bond donors (Lipinski definition) is 2. The zero-order chi connectivity index (χ0) is 31.5. The molecular weight excluding hydrogens is 591 g/mol. The molecule has 0 bridgehead atoms. The van der Waals surface area contributed by atoms with Crippen LogP contribution in [0.15, 0.2) is 73.1 Å². The number of anilines is 1. The van der Waals surface area contributed by atoms with Crippen LogP contribution in [-0.4, -0.2) is 43.1 Å². The highest BCUT2D eigenvalue weighted by Gasteiger charge is 2.61. The van der Waals surface area contributed by atoms with Crippen LogP contribution in [0, 0.1) is 6.92 Å². The van der Waals surface area contributed by atoms with Gasteiger partial charge in [0.25, 0.3) is 0 Å². The van der Waals surface area contributed by atoms with Crippen LogP contribution >= 0.6 is 12.2 Å². The fourth-order valence-corrected chi connectivity index (χ4v) is 4.31. The van der Waals surface area contributed by atoms with E-state index in [1.807, 2.05) is 25.1 Å². The van der Waals surface area contributed by atoms with Gasteiger partial charge in [-0.2, -0.15) is 22.0 Å². The number of alkyl halides is 5. The number of nitrogens with two attached hydrogens (primary N) is 1. The van der Waals surface area contributed by atoms with E-state index in [1.54, 1.807) is 24.3 Å². The van der Waals surface area contributed by atoms with Crippen molar-refractivity contribution in [2.45, 2.75) is 45.5 Å². The molecule has 43 heavy (non-hydrogen) atoms. The minimum absolute atomic E-state index is 0.105. The fraction of sp³-hybridized carbons (Fsp3) is 0.241. The predicted octanol–water partition coefficient (Wildman–Crippen LogP) is 7.18. The van der Waals surface area contributed by atoms with E-state index < -0.39 is 24.1 Å². The van der Waals surface area contributed by atoms with Crippen molar-refractivity contribution in [1.29, 1.82) is 0 Å². The van der Waals surface area contributed by atoms with E-state index in [4.69, 9.17) is 18.0 Å². The monoisotopic (exact) mass is 618 g/mol. The molecule has 0 saturated carbocycles. The number of urea groups is 1. The number of carbonyl (C=O) groups excluding carboxylic acids is 1. The topological polar surface area (TPSA) is 98.3 Å². The van der Waals surface area contributed by atoms with Crippen molar-refractivity contribution in [3.05, 3.63) is 89.7 Å². The van der Waals surface area contributed by atoms with Gasteiger partial charge in [0.15, 0.2) is 10.9 Å². The Hall–Kier alpha value is -4.59. The Labute approximate surface area is 249 Å². The summed E-state index contributed by atoms with van der Waals surface area (Å²) in [6.45, 7) is 6.18. The van der Waals surface area contributed by atoms with Crippen molar-refractivity contribution >= 4 is 29.0 Å². The first-order valence-electron chi connectivity index (χ1n) is 12.9. The van der Waals surface area contributed by atoms with Crippen molar-refractivity contribution in [2.24, 2.45) is 5.73 Å². The third kappa shape index (κ3) is 7.44. The number of carbonyl (C=O) groups is 1. The van der Waals surface area contributed by atoms with Gasteiger partial charge < -0.3 is 15.8 Å². The lowest BCUT2D eigenvalue weighted by atomic mass is 9.99. The van der Waals surface area contributed by atoms with Crippen LogP contribution in [0.25, 0.3) is 17.1 Å². The molecule has 0 fully saturated rings. The number of hydrogen-bond acceptors (Lipinski definition) is 5. The zero-order valence-electron chi connectivity index (χ0n) is 23.2. The molecule has 2 amide bonds. The first-order chi connectivity index (χ1) is 20.1. The predicted molar refractivity (Wildman–Crippen MR) is 155 cm³/mol. The smallest absolute Gasteiger partial charge is 0.426 e. The van der Waals surface area contributed by atoms with Crippen LogP contribution in [-0.2, 0) is 6.54 Å². The number of aryl methyl sites for hydroxylation is 1. The van der Waals surface area contributed by atoms with Crippen LogP contribution in [0.1, 0.15) is 36.5 Å². The summed E-state index contributed by atoms with van der Waals surface area (Å²) in [5, 5.41) is 7.64. The maximum atomic E-state index is 13.1. The van der Waals surface area contributed by atoms with Gasteiger partial charge in [0.1, 0.15) is 12.1 Å². The first-order valence-corrected chi connectivity index (χ1v) is 13.3. The molecule has 1 heterocycles. The summed E-state index contributed by atoms with van der Waals surface area (Å²) in [5.74, 6) is -0.122. The van der Waals surface area contributed by atoms with Gasteiger partial charge in [-0.25, -0.2) is 14.5 Å². The molecule has 0 aliphatic carbocycles. The number of aromatic nitrogens is 3. The zero-order valence-corrected chi connectivity index (χ0v) is 24.0. The molecule has 0 saturated heterocycles. The normalized spacial score (nSPS) is 11.8. The Kier molecular flexibility index (Phi) is 8.99. The first kappa shape index (κ1) is 31.3. The van der Waals surface area contributed by atoms with Crippen LogP contribution < -0.4 is 15.8 Å². The fourth-order valence-electron chi connectivity index (χ4n) is 4.05. The van der Waals surface area contributed by atoms with E-state index in [9.17, 15) is 26.7 Å². The second-order valence-corrected chi connectivity index (χ2v) is 10.3. The molecule has 4 aromatic rings. The van der Waals surface area contributed by atoms with Crippen LogP contribution in [0.3, 0.4) is 0 Å². The molecule has 0 unspecified atom stereocenters. The molecule has 0 aliphatic rings. The molecule has 8 nitrogen and oxygen atoms in total. The second-order valence-electron chi connectivity index (χ2n) is 9.92.